The van der Waals surface area contributed by atoms with E-state index in [2.05, 4.69) is 5.32 Å². The van der Waals surface area contributed by atoms with Gasteiger partial charge in [-0.05, 0) is 72.2 Å². The molecule has 4 heterocycles. The van der Waals surface area contributed by atoms with Crippen LogP contribution in [0.3, 0.4) is 0 Å². The fourth-order valence-corrected chi connectivity index (χ4v) is 9.83. The molecule has 0 aliphatic carbocycles. The number of nitrogens with zero attached hydrogens (tertiary/aromatic N) is 1. The predicted octanol–water partition coefficient (Wildman–Crippen LogP) is 7.41. The molecule has 50 heavy (non-hydrogen) atoms. The molecule has 8 rings (SSSR count). The lowest BCUT2D eigenvalue weighted by atomic mass is 10.0. The molecular weight excluding hydrogens is 715 g/mol. The highest BCUT2D eigenvalue weighted by Crippen LogP contribution is 2.38. The second-order valence-electron chi connectivity index (χ2n) is 13.0. The van der Waals surface area contributed by atoms with E-state index in [1.807, 2.05) is 72.8 Å². The van der Waals surface area contributed by atoms with Gasteiger partial charge in [-0.3, -0.25) is 9.59 Å². The summed E-state index contributed by atoms with van der Waals surface area (Å²) in [5, 5.41) is 3.40. The fraction of sp³-hybridized carbons (Fsp3) is 0.316. The Morgan fingerprint density at radius 1 is 0.520 bits per heavy atom. The summed E-state index contributed by atoms with van der Waals surface area (Å²) in [6.45, 7) is 0. The average molecular weight is 756 g/mol. The number of halogens is 2. The number of fused-ring (bicyclic) bond motifs is 4. The minimum atomic E-state index is -3.63. The summed E-state index contributed by atoms with van der Waals surface area (Å²) in [4.78, 5) is 23.0. The largest absolute Gasteiger partial charge is 0.310 e. The monoisotopic (exact) mass is 754 g/mol. The first-order chi connectivity index (χ1) is 23.5. The van der Waals surface area contributed by atoms with E-state index in [0.717, 1.165) is 47.9 Å². The van der Waals surface area contributed by atoms with Crippen molar-refractivity contribution in [2.75, 3.05) is 0 Å². The zero-order valence-corrected chi connectivity index (χ0v) is 30.6. The lowest BCUT2D eigenvalue weighted by Gasteiger charge is -2.32. The maximum atomic E-state index is 13.0. The van der Waals surface area contributed by atoms with Gasteiger partial charge >= 0.3 is 0 Å². The van der Waals surface area contributed by atoms with E-state index in [1.165, 1.54) is 25.0 Å². The Kier molecular flexibility index (Phi) is 12.4. The number of ketones is 2. The van der Waals surface area contributed by atoms with Gasteiger partial charge in [0.1, 0.15) is 11.6 Å². The SMILES string of the molecule is Cl.O=C1CC2CCC(C1)N2.O=C1CC2CCC(C1)N2S(=O)(=O)c1ccc(-c2ccccc2)cc1.O=S(=O)(Cl)c1ccc(-c2ccccc2)cc1. The van der Waals surface area contributed by atoms with Crippen LogP contribution in [0.1, 0.15) is 51.4 Å². The van der Waals surface area contributed by atoms with Gasteiger partial charge in [-0.2, -0.15) is 4.31 Å². The Labute approximate surface area is 305 Å². The highest BCUT2D eigenvalue weighted by atomic mass is 35.7. The van der Waals surface area contributed by atoms with Crippen molar-refractivity contribution in [1.82, 2.24) is 9.62 Å². The Balaban J connectivity index is 0.000000160. The molecular formula is C38H40Cl2N2O6S2. The molecule has 0 amide bonds. The van der Waals surface area contributed by atoms with E-state index in [9.17, 15) is 26.4 Å². The molecule has 4 aromatic carbocycles. The molecule has 0 radical (unpaired) electrons. The number of nitrogens with one attached hydrogen (secondary N) is 1. The van der Waals surface area contributed by atoms with Gasteiger partial charge in [0, 0.05) is 60.5 Å². The number of sulfonamides is 1. The van der Waals surface area contributed by atoms with Gasteiger partial charge in [-0.15, -0.1) is 12.4 Å². The van der Waals surface area contributed by atoms with Crippen LogP contribution in [-0.4, -0.2) is 56.9 Å². The Hall–Kier alpha value is -3.38. The van der Waals surface area contributed by atoms with Crippen LogP contribution < -0.4 is 5.32 Å². The van der Waals surface area contributed by atoms with Gasteiger partial charge in [0.15, 0.2) is 0 Å². The van der Waals surface area contributed by atoms with Crippen molar-refractivity contribution >= 4 is 53.7 Å². The first kappa shape index (κ1) is 37.9. The standard InChI is InChI=1S/C19H19NO3S.C12H9ClO2S.C7H11NO.ClH/c21-18-12-16-8-9-17(13-18)20(16)24(22,23)19-10-6-15(7-11-19)14-4-2-1-3-5-14;13-16(14,15)12-8-6-11(7-9-12)10-4-2-1-3-5-10;9-7-3-5-1-2-6(4-7)8-5;/h1-7,10-11,16-17H,8-9,12-13H2;1-9H;5-6,8H,1-4H2;1H. The van der Waals surface area contributed by atoms with Crippen LogP contribution in [0, 0.1) is 0 Å². The van der Waals surface area contributed by atoms with Gasteiger partial charge in [0.25, 0.3) is 9.05 Å². The van der Waals surface area contributed by atoms with E-state index < -0.39 is 19.1 Å². The molecule has 0 spiro atoms. The summed E-state index contributed by atoms with van der Waals surface area (Å²) in [6.07, 6.45) is 6.31. The number of carbonyl (C=O) groups excluding carboxylic acids is 2. The summed E-state index contributed by atoms with van der Waals surface area (Å²) in [6, 6.07) is 33.9. The van der Waals surface area contributed by atoms with Crippen LogP contribution in [0.2, 0.25) is 0 Å². The van der Waals surface area contributed by atoms with Gasteiger partial charge in [-0.25, -0.2) is 16.8 Å². The third-order valence-corrected chi connectivity index (χ3v) is 12.9. The van der Waals surface area contributed by atoms with Gasteiger partial charge in [-0.1, -0.05) is 84.9 Å². The van der Waals surface area contributed by atoms with Gasteiger partial charge in [0.2, 0.25) is 10.0 Å². The van der Waals surface area contributed by atoms with Crippen molar-refractivity contribution in [3.63, 3.8) is 0 Å². The second kappa shape index (κ2) is 16.3. The summed E-state index contributed by atoms with van der Waals surface area (Å²) in [5.74, 6) is 0.648. The smallest absolute Gasteiger partial charge is 0.261 e. The van der Waals surface area contributed by atoms with E-state index in [-0.39, 0.29) is 35.2 Å². The first-order valence-corrected chi connectivity index (χ1v) is 20.3. The minimum absolute atomic E-state index is 0. The highest BCUT2D eigenvalue weighted by Gasteiger charge is 2.46. The summed E-state index contributed by atoms with van der Waals surface area (Å²) < 4.78 is 49.7. The molecule has 0 aromatic heterocycles. The van der Waals surface area contributed by atoms with Crippen molar-refractivity contribution in [3.05, 3.63) is 109 Å². The second-order valence-corrected chi connectivity index (χ2v) is 17.4. The molecule has 0 saturated carbocycles. The van der Waals surface area contributed by atoms with E-state index in [4.69, 9.17) is 10.7 Å². The fourth-order valence-electron chi connectivity index (χ4n) is 7.19. The molecule has 4 atom stereocenters. The van der Waals surface area contributed by atoms with Gasteiger partial charge < -0.3 is 5.32 Å². The number of rotatable bonds is 5. The number of hydrogen-bond donors (Lipinski definition) is 1. The zero-order chi connectivity index (χ0) is 34.6. The lowest BCUT2D eigenvalue weighted by molar-refractivity contribution is -0.122. The topological polar surface area (TPSA) is 118 Å². The van der Waals surface area contributed by atoms with Crippen molar-refractivity contribution < 1.29 is 26.4 Å². The number of hydrogen-bond acceptors (Lipinski definition) is 7. The Bertz CT molecular complexity index is 1960. The number of piperidine rings is 2. The number of Topliss-reactive ketones (excluding diaryl/α,β-unsaturated/α-hetero) is 2. The van der Waals surface area contributed by atoms with Gasteiger partial charge in [0.05, 0.1) is 9.79 Å². The Morgan fingerprint density at radius 3 is 1.32 bits per heavy atom. The van der Waals surface area contributed by atoms with Crippen LogP contribution in [-0.2, 0) is 28.7 Å². The van der Waals surface area contributed by atoms with Crippen LogP contribution in [0.15, 0.2) is 119 Å². The van der Waals surface area contributed by atoms with Crippen LogP contribution in [0.25, 0.3) is 22.3 Å². The third-order valence-electron chi connectivity index (χ3n) is 9.54. The van der Waals surface area contributed by atoms with Crippen LogP contribution in [0.5, 0.6) is 0 Å². The first-order valence-electron chi connectivity index (χ1n) is 16.6. The molecule has 12 heteroatoms. The summed E-state index contributed by atoms with van der Waals surface area (Å²) >= 11 is 0. The lowest BCUT2D eigenvalue weighted by Crippen LogP contribution is -2.46. The number of benzene rings is 4. The zero-order valence-electron chi connectivity index (χ0n) is 27.4. The van der Waals surface area contributed by atoms with Crippen molar-refractivity contribution in [2.45, 2.75) is 85.3 Å². The minimum Gasteiger partial charge on any atom is -0.310 e. The molecule has 264 valence electrons. The van der Waals surface area contributed by atoms with Crippen molar-refractivity contribution in [2.24, 2.45) is 0 Å². The molecule has 4 bridgehead atoms. The molecule has 4 fully saturated rings. The highest BCUT2D eigenvalue weighted by molar-refractivity contribution is 8.13. The van der Waals surface area contributed by atoms with Crippen molar-refractivity contribution in [3.8, 4) is 22.3 Å². The van der Waals surface area contributed by atoms with Crippen molar-refractivity contribution in [1.29, 1.82) is 0 Å². The molecule has 4 saturated heterocycles. The summed E-state index contributed by atoms with van der Waals surface area (Å²) in [5.41, 5.74) is 4.06. The molecule has 4 aliphatic heterocycles. The Morgan fingerprint density at radius 2 is 0.900 bits per heavy atom. The van der Waals surface area contributed by atoms with Crippen LogP contribution >= 0.6 is 23.1 Å². The van der Waals surface area contributed by atoms with E-state index in [0.29, 0.717) is 35.6 Å². The normalized spacial score (nSPS) is 22.7. The van der Waals surface area contributed by atoms with Crippen LogP contribution in [0.4, 0.5) is 0 Å². The maximum absolute atomic E-state index is 13.0. The van der Waals surface area contributed by atoms with E-state index in [1.54, 1.807) is 28.6 Å². The average Bonchev–Trinajstić information content (AvgIpc) is 3.60. The molecule has 4 aromatic rings. The van der Waals surface area contributed by atoms with E-state index >= 15 is 0 Å². The molecule has 1 N–H and O–H groups in total. The third kappa shape index (κ3) is 9.09. The molecule has 4 aliphatic rings. The quantitative estimate of drug-likeness (QED) is 0.211. The predicted molar refractivity (Wildman–Crippen MR) is 198 cm³/mol. The molecule has 8 nitrogen and oxygen atoms in total. The summed E-state index contributed by atoms with van der Waals surface area (Å²) in [7, 11) is -1.94. The number of carbonyl (C=O) groups is 2. The maximum Gasteiger partial charge on any atom is 0.261 e. The molecule has 4 unspecified atom stereocenters.